The molecule has 4 unspecified atom stereocenters. The number of allylic oxidation sites excluding steroid dienone is 4. The van der Waals surface area contributed by atoms with Gasteiger partial charge < -0.3 is 14.6 Å². The molecule has 0 saturated heterocycles. The van der Waals surface area contributed by atoms with Crippen molar-refractivity contribution in [2.24, 2.45) is 23.7 Å². The molecule has 4 atom stereocenters. The van der Waals surface area contributed by atoms with Crippen LogP contribution in [-0.2, 0) is 4.43 Å². The summed E-state index contributed by atoms with van der Waals surface area (Å²) < 4.78 is 6.29. The van der Waals surface area contributed by atoms with Gasteiger partial charge in [-0.2, -0.15) is 0 Å². The van der Waals surface area contributed by atoms with Gasteiger partial charge in [0.25, 0.3) is 0 Å². The lowest BCUT2D eigenvalue weighted by molar-refractivity contribution is 0.252. The second kappa shape index (κ2) is 24.8. The molecular weight excluding hydrogens is 496 g/mol. The van der Waals surface area contributed by atoms with Gasteiger partial charge in [0.15, 0.2) is 8.32 Å². The third-order valence-corrected chi connectivity index (χ3v) is 12.9. The van der Waals surface area contributed by atoms with E-state index < -0.39 is 8.32 Å². The number of hydrogen-bond acceptors (Lipinski definition) is 3. The topological polar surface area (TPSA) is 49.7 Å². The van der Waals surface area contributed by atoms with Crippen molar-refractivity contribution in [1.29, 1.82) is 0 Å². The van der Waals surface area contributed by atoms with E-state index in [0.717, 1.165) is 38.9 Å². The molecule has 0 radical (unpaired) electrons. The summed E-state index contributed by atoms with van der Waals surface area (Å²) in [7, 11) is -0.577. The molecule has 0 aromatic carbocycles. The highest BCUT2D eigenvalue weighted by atomic mass is 28.4. The smallest absolute Gasteiger partial charge is 0.191 e. The number of aliphatic hydroxyl groups is 2. The molecule has 0 rings (SSSR count). The molecule has 2 N–H and O–H groups in total. The van der Waals surface area contributed by atoms with Crippen molar-refractivity contribution in [2.45, 2.75) is 131 Å². The highest BCUT2D eigenvalue weighted by molar-refractivity contribution is 6.74. The molecule has 3 nitrogen and oxygen atoms in total. The first-order valence-corrected chi connectivity index (χ1v) is 18.3. The van der Waals surface area contributed by atoms with E-state index >= 15 is 0 Å². The Morgan fingerprint density at radius 1 is 0.744 bits per heavy atom. The largest absolute Gasteiger partial charge is 0.417 e. The summed E-state index contributed by atoms with van der Waals surface area (Å²) in [4.78, 5) is 0. The molecule has 0 aliphatic carbocycles. The minimum Gasteiger partial charge on any atom is -0.417 e. The van der Waals surface area contributed by atoms with Crippen molar-refractivity contribution in [2.75, 3.05) is 20.3 Å². The van der Waals surface area contributed by atoms with Crippen molar-refractivity contribution in [3.05, 3.63) is 49.6 Å². The van der Waals surface area contributed by atoms with E-state index in [1.54, 1.807) is 0 Å². The molecule has 0 heterocycles. The maximum atomic E-state index is 8.82. The van der Waals surface area contributed by atoms with Crippen molar-refractivity contribution in [3.8, 4) is 0 Å². The summed E-state index contributed by atoms with van der Waals surface area (Å²) in [6, 6.07) is 0. The quantitative estimate of drug-likeness (QED) is 0.114. The Labute approximate surface area is 247 Å². The van der Waals surface area contributed by atoms with Gasteiger partial charge in [-0.25, -0.2) is 0 Å². The fourth-order valence-corrected chi connectivity index (χ4v) is 5.19. The average molecular weight is 567 g/mol. The standard InChI is InChI=1S/C20H40OSi.C14H26O.CH4O/c1-10-11-12-19(17(2)3)14-13-18(4)15-16-21-22(8,9)20(5,6)7;1-5-6-7-14(12(2)3)9-8-13(4)10-11-15;1-2/h10,18-19H,1-2,11-16H2,3-9H3;5,13-15H,1-2,6-11H2,3-4H3;2H,1H3. The monoisotopic (exact) mass is 567 g/mol. The minimum atomic E-state index is -1.58. The average Bonchev–Trinajstić information content (AvgIpc) is 2.84. The van der Waals surface area contributed by atoms with E-state index in [0.29, 0.717) is 29.4 Å². The molecule has 0 aromatic rings. The van der Waals surface area contributed by atoms with Gasteiger partial charge in [0, 0.05) is 20.3 Å². The maximum Gasteiger partial charge on any atom is 0.191 e. The van der Waals surface area contributed by atoms with Crippen LogP contribution in [0.25, 0.3) is 0 Å². The zero-order valence-electron chi connectivity index (χ0n) is 28.1. The van der Waals surface area contributed by atoms with Gasteiger partial charge in [-0.1, -0.05) is 83.9 Å². The van der Waals surface area contributed by atoms with Crippen LogP contribution in [-0.4, -0.2) is 38.9 Å². The summed E-state index contributed by atoms with van der Waals surface area (Å²) in [5.74, 6) is 2.64. The van der Waals surface area contributed by atoms with Crippen LogP contribution in [0.1, 0.15) is 113 Å². The predicted molar refractivity (Wildman–Crippen MR) is 180 cm³/mol. The number of hydrogen-bond donors (Lipinski definition) is 2. The van der Waals surface area contributed by atoms with Crippen molar-refractivity contribution in [3.63, 3.8) is 0 Å². The Morgan fingerprint density at radius 2 is 1.13 bits per heavy atom. The minimum absolute atomic E-state index is 0.311. The molecule has 0 aliphatic rings. The van der Waals surface area contributed by atoms with E-state index in [9.17, 15) is 0 Å². The van der Waals surface area contributed by atoms with E-state index in [1.165, 1.54) is 56.1 Å². The van der Waals surface area contributed by atoms with Crippen LogP contribution in [0.5, 0.6) is 0 Å². The third kappa shape index (κ3) is 23.5. The predicted octanol–water partition coefficient (Wildman–Crippen LogP) is 10.5. The zero-order valence-corrected chi connectivity index (χ0v) is 29.1. The van der Waals surface area contributed by atoms with Gasteiger partial charge in [0.2, 0.25) is 0 Å². The molecule has 0 bridgehead atoms. The Morgan fingerprint density at radius 3 is 1.44 bits per heavy atom. The summed E-state index contributed by atoms with van der Waals surface area (Å²) in [5.41, 5.74) is 2.61. The lowest BCUT2D eigenvalue weighted by Gasteiger charge is -2.36. The van der Waals surface area contributed by atoms with Crippen LogP contribution in [0.4, 0.5) is 0 Å². The molecule has 0 saturated carbocycles. The molecule has 0 aromatic heterocycles. The number of aliphatic hydroxyl groups excluding tert-OH is 2. The van der Waals surface area contributed by atoms with Crippen LogP contribution in [0.15, 0.2) is 49.6 Å². The summed E-state index contributed by atoms with van der Waals surface area (Å²) in [5, 5.41) is 16.1. The molecule has 0 aliphatic heterocycles. The van der Waals surface area contributed by atoms with Crippen LogP contribution < -0.4 is 0 Å². The summed E-state index contributed by atoms with van der Waals surface area (Å²) >= 11 is 0. The van der Waals surface area contributed by atoms with E-state index in [2.05, 4.69) is 87.9 Å². The first kappa shape index (κ1) is 42.5. The SMILES string of the molecule is C=CCCC(CCC(C)CCO)C(=C)C.C=CCCC(CCC(C)CCO[Si](C)(C)C(C)(C)C)C(=C)C.CO. The second-order valence-corrected chi connectivity index (χ2v) is 17.9. The van der Waals surface area contributed by atoms with Crippen LogP contribution in [0.3, 0.4) is 0 Å². The lowest BCUT2D eigenvalue weighted by Crippen LogP contribution is -2.41. The molecule has 4 heteroatoms. The van der Waals surface area contributed by atoms with Gasteiger partial charge in [-0.3, -0.25) is 0 Å². The Bertz CT molecular complexity index is 632. The maximum absolute atomic E-state index is 8.82. The lowest BCUT2D eigenvalue weighted by atomic mass is 9.88. The first-order valence-electron chi connectivity index (χ1n) is 15.3. The van der Waals surface area contributed by atoms with E-state index in [1.807, 2.05) is 12.2 Å². The molecule has 39 heavy (non-hydrogen) atoms. The van der Waals surface area contributed by atoms with Crippen molar-refractivity contribution in [1.82, 2.24) is 0 Å². The van der Waals surface area contributed by atoms with E-state index in [4.69, 9.17) is 14.6 Å². The highest BCUT2D eigenvalue weighted by Gasteiger charge is 2.36. The number of rotatable bonds is 20. The zero-order chi connectivity index (χ0) is 31.1. The normalized spacial score (nSPS) is 14.5. The van der Waals surface area contributed by atoms with Gasteiger partial charge in [0.05, 0.1) is 0 Å². The molecule has 232 valence electrons. The van der Waals surface area contributed by atoms with Gasteiger partial charge in [-0.05, 0) is 107 Å². The molecular formula is C35H70O3Si. The van der Waals surface area contributed by atoms with Crippen molar-refractivity contribution >= 4 is 8.32 Å². The molecule has 0 spiro atoms. The van der Waals surface area contributed by atoms with Gasteiger partial charge >= 0.3 is 0 Å². The fourth-order valence-electron chi connectivity index (χ4n) is 4.12. The van der Waals surface area contributed by atoms with Crippen LogP contribution in [0.2, 0.25) is 18.1 Å². The fraction of sp³-hybridized carbons (Fsp3) is 0.771. The van der Waals surface area contributed by atoms with Crippen LogP contribution in [0, 0.1) is 23.7 Å². The Kier molecular flexibility index (Phi) is 27.1. The van der Waals surface area contributed by atoms with Crippen molar-refractivity contribution < 1.29 is 14.6 Å². The first-order chi connectivity index (χ1) is 18.1. The second-order valence-electron chi connectivity index (χ2n) is 13.1. The van der Waals surface area contributed by atoms with Gasteiger partial charge in [-0.15, -0.1) is 13.2 Å². The Balaban J connectivity index is -0.000000664. The summed E-state index contributed by atoms with van der Waals surface area (Å²) in [6.45, 7) is 37.5. The molecule has 0 amide bonds. The Hall–Kier alpha value is -0.943. The third-order valence-electron chi connectivity index (χ3n) is 8.35. The summed E-state index contributed by atoms with van der Waals surface area (Å²) in [6.07, 6.45) is 15.6. The highest BCUT2D eigenvalue weighted by Crippen LogP contribution is 2.37. The molecule has 0 fully saturated rings. The van der Waals surface area contributed by atoms with Gasteiger partial charge in [0.1, 0.15) is 0 Å². The van der Waals surface area contributed by atoms with Crippen LogP contribution >= 0.6 is 0 Å². The van der Waals surface area contributed by atoms with E-state index in [-0.39, 0.29) is 0 Å².